The molecule has 0 amide bonds. The van der Waals surface area contributed by atoms with Crippen molar-refractivity contribution in [2.24, 2.45) is 4.99 Å². The normalized spacial score (nSPS) is 14.1. The highest BCUT2D eigenvalue weighted by atomic mass is 127. The number of ether oxygens (including phenoxy) is 1. The Labute approximate surface area is 191 Å². The topological polar surface area (TPSA) is 61.8 Å². The number of rotatable bonds is 7. The maximum Gasteiger partial charge on any atom is 0.191 e. The van der Waals surface area contributed by atoms with Gasteiger partial charge in [0.15, 0.2) is 5.96 Å². The van der Waals surface area contributed by atoms with E-state index in [1.54, 1.807) is 7.11 Å². The molecule has 1 aromatic carbocycles. The van der Waals surface area contributed by atoms with E-state index in [-0.39, 0.29) is 24.0 Å². The van der Waals surface area contributed by atoms with E-state index in [1.807, 2.05) is 30.5 Å². The number of nitrogens with zero attached hydrogens (tertiary/aromatic N) is 3. The fourth-order valence-corrected chi connectivity index (χ4v) is 3.39. The highest BCUT2D eigenvalue weighted by molar-refractivity contribution is 14.0. The van der Waals surface area contributed by atoms with Crippen molar-refractivity contribution >= 4 is 35.8 Å². The summed E-state index contributed by atoms with van der Waals surface area (Å²) in [6.45, 7) is 6.36. The van der Waals surface area contributed by atoms with Gasteiger partial charge in [0.1, 0.15) is 11.6 Å². The van der Waals surface area contributed by atoms with Gasteiger partial charge in [0, 0.05) is 37.9 Å². The van der Waals surface area contributed by atoms with Gasteiger partial charge in [-0.05, 0) is 49.9 Å². The fourth-order valence-electron chi connectivity index (χ4n) is 3.39. The van der Waals surface area contributed by atoms with E-state index >= 15 is 0 Å². The number of aliphatic imine (C=N–C) groups is 1. The lowest BCUT2D eigenvalue weighted by molar-refractivity contribution is 0.409. The third kappa shape index (κ3) is 7.06. The number of benzene rings is 1. The molecule has 0 aliphatic carbocycles. The molecular formula is C22H32IN5O. The molecule has 158 valence electrons. The minimum atomic E-state index is 0. The molecular weight excluding hydrogens is 477 g/mol. The predicted molar refractivity (Wildman–Crippen MR) is 130 cm³/mol. The van der Waals surface area contributed by atoms with Crippen molar-refractivity contribution < 1.29 is 4.74 Å². The summed E-state index contributed by atoms with van der Waals surface area (Å²) in [5.41, 5.74) is 2.27. The van der Waals surface area contributed by atoms with E-state index < -0.39 is 0 Å². The van der Waals surface area contributed by atoms with Gasteiger partial charge in [-0.15, -0.1) is 24.0 Å². The number of hydrogen-bond acceptors (Lipinski definition) is 4. The van der Waals surface area contributed by atoms with Crippen LogP contribution in [0.5, 0.6) is 5.75 Å². The third-order valence-corrected chi connectivity index (χ3v) is 4.89. The van der Waals surface area contributed by atoms with Gasteiger partial charge in [-0.25, -0.2) is 9.98 Å². The lowest BCUT2D eigenvalue weighted by atomic mass is 10.1. The largest absolute Gasteiger partial charge is 0.496 e. The summed E-state index contributed by atoms with van der Waals surface area (Å²) >= 11 is 0. The molecule has 0 atom stereocenters. The number of anilines is 1. The Kier molecular flexibility index (Phi) is 10.0. The van der Waals surface area contributed by atoms with Crippen LogP contribution in [0.1, 0.15) is 37.3 Å². The maximum atomic E-state index is 5.43. The average molecular weight is 509 g/mol. The Morgan fingerprint density at radius 1 is 1.14 bits per heavy atom. The molecule has 1 aromatic heterocycles. The first-order chi connectivity index (χ1) is 13.8. The minimum absolute atomic E-state index is 0. The molecule has 6 nitrogen and oxygen atoms in total. The zero-order chi connectivity index (χ0) is 19.6. The van der Waals surface area contributed by atoms with Crippen LogP contribution in [0.2, 0.25) is 0 Å². The molecule has 3 rings (SSSR count). The van der Waals surface area contributed by atoms with Crippen molar-refractivity contribution in [3.05, 3.63) is 53.7 Å². The molecule has 1 fully saturated rings. The van der Waals surface area contributed by atoms with Gasteiger partial charge in [0.2, 0.25) is 0 Å². The van der Waals surface area contributed by atoms with E-state index in [0.717, 1.165) is 42.7 Å². The van der Waals surface area contributed by atoms with Crippen LogP contribution < -0.4 is 20.3 Å². The van der Waals surface area contributed by atoms with Crippen molar-refractivity contribution in [2.75, 3.05) is 31.6 Å². The maximum absolute atomic E-state index is 5.43. The first-order valence-electron chi connectivity index (χ1n) is 10.1. The first-order valence-corrected chi connectivity index (χ1v) is 10.1. The summed E-state index contributed by atoms with van der Waals surface area (Å²) < 4.78 is 5.43. The molecule has 0 unspecified atom stereocenters. The molecule has 2 N–H and O–H groups in total. The average Bonchev–Trinajstić information content (AvgIpc) is 2.76. The van der Waals surface area contributed by atoms with Gasteiger partial charge < -0.3 is 20.3 Å². The Morgan fingerprint density at radius 2 is 1.93 bits per heavy atom. The Balaban J connectivity index is 0.00000300. The Hall–Kier alpha value is -2.03. The number of aromatic nitrogens is 1. The lowest BCUT2D eigenvalue weighted by Gasteiger charge is -2.27. The molecule has 0 bridgehead atoms. The first kappa shape index (κ1) is 23.3. The summed E-state index contributed by atoms with van der Waals surface area (Å²) in [7, 11) is 1.70. The molecule has 0 spiro atoms. The molecule has 1 saturated heterocycles. The monoisotopic (exact) mass is 509 g/mol. The zero-order valence-corrected chi connectivity index (χ0v) is 19.7. The van der Waals surface area contributed by atoms with Crippen LogP contribution in [0.25, 0.3) is 0 Å². The molecule has 0 radical (unpaired) electrons. The van der Waals surface area contributed by atoms with E-state index in [1.165, 1.54) is 24.8 Å². The number of methoxy groups -OCH3 is 1. The van der Waals surface area contributed by atoms with Crippen LogP contribution in [-0.4, -0.2) is 37.7 Å². The summed E-state index contributed by atoms with van der Waals surface area (Å²) in [6, 6.07) is 12.2. The van der Waals surface area contributed by atoms with Gasteiger partial charge in [-0.2, -0.15) is 0 Å². The molecule has 29 heavy (non-hydrogen) atoms. The van der Waals surface area contributed by atoms with Crippen molar-refractivity contribution in [1.82, 2.24) is 15.6 Å². The fraction of sp³-hybridized carbons (Fsp3) is 0.455. The predicted octanol–water partition coefficient (Wildman–Crippen LogP) is 3.95. The quantitative estimate of drug-likeness (QED) is 0.336. The van der Waals surface area contributed by atoms with Crippen molar-refractivity contribution in [2.45, 2.75) is 39.3 Å². The number of nitrogens with one attached hydrogen (secondary N) is 2. The molecule has 1 aliphatic heterocycles. The number of hydrogen-bond donors (Lipinski definition) is 2. The summed E-state index contributed by atoms with van der Waals surface area (Å²) in [4.78, 5) is 11.7. The van der Waals surface area contributed by atoms with Crippen LogP contribution >= 0.6 is 24.0 Å². The second-order valence-electron chi connectivity index (χ2n) is 6.93. The second-order valence-corrected chi connectivity index (χ2v) is 6.93. The van der Waals surface area contributed by atoms with Crippen LogP contribution in [-0.2, 0) is 13.1 Å². The SMILES string of the molecule is CCNC(=NCc1ccnc(N2CCCCC2)c1)NCc1ccccc1OC.I. The van der Waals surface area contributed by atoms with E-state index in [0.29, 0.717) is 13.1 Å². The standard InChI is InChI=1S/C22H31N5O.HI/c1-3-23-22(26-17-19-9-5-6-10-20(19)28-2)25-16-18-11-12-24-21(15-18)27-13-7-4-8-14-27;/h5-6,9-12,15H,3-4,7-8,13-14,16-17H2,1-2H3,(H2,23,25,26);1H. The van der Waals surface area contributed by atoms with Crippen LogP contribution in [0, 0.1) is 0 Å². The van der Waals surface area contributed by atoms with Crippen LogP contribution in [0.3, 0.4) is 0 Å². The lowest BCUT2D eigenvalue weighted by Crippen LogP contribution is -2.36. The second kappa shape index (κ2) is 12.5. The van der Waals surface area contributed by atoms with Gasteiger partial charge in [0.05, 0.1) is 13.7 Å². The number of guanidine groups is 1. The Morgan fingerprint density at radius 3 is 2.69 bits per heavy atom. The smallest absolute Gasteiger partial charge is 0.191 e. The Bertz CT molecular complexity index is 777. The van der Waals surface area contributed by atoms with Crippen molar-refractivity contribution in [3.8, 4) is 5.75 Å². The van der Waals surface area contributed by atoms with Gasteiger partial charge in [-0.1, -0.05) is 18.2 Å². The summed E-state index contributed by atoms with van der Waals surface area (Å²) in [5.74, 6) is 2.75. The highest BCUT2D eigenvalue weighted by Crippen LogP contribution is 2.19. The van der Waals surface area contributed by atoms with E-state index in [9.17, 15) is 0 Å². The number of pyridine rings is 1. The van der Waals surface area contributed by atoms with Gasteiger partial charge >= 0.3 is 0 Å². The third-order valence-electron chi connectivity index (χ3n) is 4.89. The van der Waals surface area contributed by atoms with E-state index in [4.69, 9.17) is 9.73 Å². The number of para-hydroxylation sites is 1. The number of piperidine rings is 1. The molecule has 2 aromatic rings. The number of halogens is 1. The highest BCUT2D eigenvalue weighted by Gasteiger charge is 2.12. The van der Waals surface area contributed by atoms with Crippen LogP contribution in [0.15, 0.2) is 47.6 Å². The molecule has 2 heterocycles. The van der Waals surface area contributed by atoms with Crippen molar-refractivity contribution in [3.63, 3.8) is 0 Å². The zero-order valence-electron chi connectivity index (χ0n) is 17.4. The van der Waals surface area contributed by atoms with Crippen LogP contribution in [0.4, 0.5) is 5.82 Å². The molecule has 0 saturated carbocycles. The van der Waals surface area contributed by atoms with Gasteiger partial charge in [0.25, 0.3) is 0 Å². The summed E-state index contributed by atoms with van der Waals surface area (Å²) in [5, 5.41) is 6.70. The van der Waals surface area contributed by atoms with Gasteiger partial charge in [-0.3, -0.25) is 0 Å². The summed E-state index contributed by atoms with van der Waals surface area (Å²) in [6.07, 6.45) is 5.72. The van der Waals surface area contributed by atoms with Crippen molar-refractivity contribution in [1.29, 1.82) is 0 Å². The van der Waals surface area contributed by atoms with E-state index in [2.05, 4.69) is 39.6 Å². The minimum Gasteiger partial charge on any atom is -0.496 e. The molecule has 7 heteroatoms. The molecule has 1 aliphatic rings.